The van der Waals surface area contributed by atoms with Gasteiger partial charge in [-0.1, -0.05) is 43.3 Å². The summed E-state index contributed by atoms with van der Waals surface area (Å²) < 4.78 is 0. The molecule has 1 aliphatic rings. The fraction of sp³-hybridized carbons (Fsp3) is 0.312. The summed E-state index contributed by atoms with van der Waals surface area (Å²) in [6, 6.07) is 10.4. The molecule has 2 heteroatoms. The fourth-order valence-electron chi connectivity index (χ4n) is 2.11. The first kappa shape index (κ1) is 12.6. The number of nitrogens with one attached hydrogen (secondary N) is 1. The summed E-state index contributed by atoms with van der Waals surface area (Å²) in [5.41, 5.74) is 3.62. The largest absolute Gasteiger partial charge is 0.326 e. The quantitative estimate of drug-likeness (QED) is 0.860. The first-order valence-corrected chi connectivity index (χ1v) is 6.52. The van der Waals surface area contributed by atoms with E-state index in [0.29, 0.717) is 6.42 Å². The predicted octanol–water partition coefficient (Wildman–Crippen LogP) is 3.36. The lowest BCUT2D eigenvalue weighted by molar-refractivity contribution is -0.120. The number of benzene rings is 1. The van der Waals surface area contributed by atoms with Crippen molar-refractivity contribution in [2.45, 2.75) is 32.6 Å². The molecule has 0 fully saturated rings. The lowest BCUT2D eigenvalue weighted by Crippen LogP contribution is -2.23. The Morgan fingerprint density at radius 3 is 2.78 bits per heavy atom. The van der Waals surface area contributed by atoms with Gasteiger partial charge in [0.2, 0.25) is 5.91 Å². The van der Waals surface area contributed by atoms with Gasteiger partial charge in [-0.05, 0) is 36.5 Å². The molecule has 1 aromatic rings. The molecule has 2 rings (SSSR count). The Morgan fingerprint density at radius 2 is 2.06 bits per heavy atom. The van der Waals surface area contributed by atoms with Gasteiger partial charge >= 0.3 is 0 Å². The number of allylic oxidation sites excluding steroid dienone is 3. The smallest absolute Gasteiger partial charge is 0.224 e. The molecule has 0 bridgehead atoms. The van der Waals surface area contributed by atoms with Crippen LogP contribution in [0.4, 0.5) is 0 Å². The molecule has 0 heterocycles. The van der Waals surface area contributed by atoms with E-state index in [1.807, 2.05) is 19.1 Å². The maximum absolute atomic E-state index is 11.5. The standard InChI is InChI=1S/C16H19NO/c1-2-16(18)17-15-11-7-6-10-14(15)12-13-8-4-3-5-9-13/h3-5,7-9,11H,2,6,10,12H2,1H3,(H,17,18). The average Bonchev–Trinajstić information content (AvgIpc) is 2.42. The van der Waals surface area contributed by atoms with E-state index in [-0.39, 0.29) is 5.91 Å². The minimum absolute atomic E-state index is 0.0853. The monoisotopic (exact) mass is 241 g/mol. The van der Waals surface area contributed by atoms with Gasteiger partial charge in [0.05, 0.1) is 0 Å². The summed E-state index contributed by atoms with van der Waals surface area (Å²) in [6.45, 7) is 1.87. The number of amides is 1. The van der Waals surface area contributed by atoms with E-state index in [1.165, 1.54) is 11.1 Å². The SMILES string of the molecule is CCC(=O)NC1=C(Cc2ccccc2)CCC=C1. The maximum Gasteiger partial charge on any atom is 0.224 e. The summed E-state index contributed by atoms with van der Waals surface area (Å²) in [4.78, 5) is 11.5. The van der Waals surface area contributed by atoms with E-state index in [2.05, 4.69) is 35.7 Å². The topological polar surface area (TPSA) is 29.1 Å². The van der Waals surface area contributed by atoms with Crippen LogP contribution in [0.1, 0.15) is 31.7 Å². The van der Waals surface area contributed by atoms with Gasteiger partial charge in [-0.2, -0.15) is 0 Å². The van der Waals surface area contributed by atoms with Crippen LogP contribution in [0.25, 0.3) is 0 Å². The van der Waals surface area contributed by atoms with Crippen molar-refractivity contribution < 1.29 is 4.79 Å². The molecule has 0 aliphatic heterocycles. The van der Waals surface area contributed by atoms with Gasteiger partial charge < -0.3 is 5.32 Å². The van der Waals surface area contributed by atoms with Crippen molar-refractivity contribution in [1.29, 1.82) is 0 Å². The van der Waals surface area contributed by atoms with E-state index in [1.54, 1.807) is 0 Å². The number of carbonyl (C=O) groups excluding carboxylic acids is 1. The van der Waals surface area contributed by atoms with Crippen molar-refractivity contribution in [3.63, 3.8) is 0 Å². The van der Waals surface area contributed by atoms with Crippen molar-refractivity contribution in [2.75, 3.05) is 0 Å². The molecule has 2 nitrogen and oxygen atoms in total. The van der Waals surface area contributed by atoms with Gasteiger partial charge in [0.15, 0.2) is 0 Å². The van der Waals surface area contributed by atoms with Crippen molar-refractivity contribution in [2.24, 2.45) is 0 Å². The molecule has 94 valence electrons. The average molecular weight is 241 g/mol. The van der Waals surface area contributed by atoms with Crippen molar-refractivity contribution in [1.82, 2.24) is 5.32 Å². The van der Waals surface area contributed by atoms with Crippen LogP contribution in [0.5, 0.6) is 0 Å². The van der Waals surface area contributed by atoms with E-state index in [9.17, 15) is 4.79 Å². The first-order valence-electron chi connectivity index (χ1n) is 6.52. The molecular weight excluding hydrogens is 222 g/mol. The second-order valence-corrected chi connectivity index (χ2v) is 4.52. The first-order chi connectivity index (χ1) is 8.79. The highest BCUT2D eigenvalue weighted by atomic mass is 16.1. The highest BCUT2D eigenvalue weighted by Crippen LogP contribution is 2.21. The van der Waals surface area contributed by atoms with Gasteiger partial charge in [-0.25, -0.2) is 0 Å². The van der Waals surface area contributed by atoms with E-state index >= 15 is 0 Å². The second-order valence-electron chi connectivity index (χ2n) is 4.52. The van der Waals surface area contributed by atoms with Crippen molar-refractivity contribution in [3.05, 3.63) is 59.3 Å². The third kappa shape index (κ3) is 3.33. The summed E-state index contributed by atoms with van der Waals surface area (Å²) in [7, 11) is 0. The number of carbonyl (C=O) groups is 1. The molecule has 0 saturated heterocycles. The van der Waals surface area contributed by atoms with Crippen molar-refractivity contribution in [3.8, 4) is 0 Å². The summed E-state index contributed by atoms with van der Waals surface area (Å²) in [5.74, 6) is 0.0853. The highest BCUT2D eigenvalue weighted by Gasteiger charge is 2.11. The Bertz CT molecular complexity index is 471. The van der Waals surface area contributed by atoms with E-state index in [4.69, 9.17) is 0 Å². The van der Waals surface area contributed by atoms with E-state index < -0.39 is 0 Å². The molecule has 1 amide bonds. The van der Waals surface area contributed by atoms with E-state index in [0.717, 1.165) is 25.0 Å². The molecule has 0 saturated carbocycles. The third-order valence-electron chi connectivity index (χ3n) is 3.13. The molecule has 0 atom stereocenters. The molecule has 0 radical (unpaired) electrons. The van der Waals surface area contributed by atoms with Gasteiger partial charge in [0.1, 0.15) is 0 Å². The molecule has 1 aromatic carbocycles. The zero-order chi connectivity index (χ0) is 12.8. The van der Waals surface area contributed by atoms with Gasteiger partial charge in [-0.15, -0.1) is 0 Å². The molecule has 0 unspecified atom stereocenters. The number of hydrogen-bond acceptors (Lipinski definition) is 1. The Balaban J connectivity index is 2.15. The van der Waals surface area contributed by atoms with Crippen LogP contribution in [-0.4, -0.2) is 5.91 Å². The van der Waals surface area contributed by atoms with Crippen LogP contribution >= 0.6 is 0 Å². The van der Waals surface area contributed by atoms with Gasteiger partial charge in [0.25, 0.3) is 0 Å². The third-order valence-corrected chi connectivity index (χ3v) is 3.13. The lowest BCUT2D eigenvalue weighted by Gasteiger charge is -2.17. The number of rotatable bonds is 4. The number of hydrogen-bond donors (Lipinski definition) is 1. The summed E-state index contributed by atoms with van der Waals surface area (Å²) >= 11 is 0. The van der Waals surface area contributed by atoms with Crippen LogP contribution in [0.3, 0.4) is 0 Å². The molecule has 1 N–H and O–H groups in total. The summed E-state index contributed by atoms with van der Waals surface area (Å²) in [6.07, 6.45) is 7.70. The van der Waals surface area contributed by atoms with Crippen LogP contribution < -0.4 is 5.32 Å². The zero-order valence-corrected chi connectivity index (χ0v) is 10.8. The molecule has 18 heavy (non-hydrogen) atoms. The predicted molar refractivity (Wildman–Crippen MR) is 74.0 cm³/mol. The Kier molecular flexibility index (Phi) is 4.35. The molecule has 1 aliphatic carbocycles. The van der Waals surface area contributed by atoms with Crippen molar-refractivity contribution >= 4 is 5.91 Å². The van der Waals surface area contributed by atoms with Crippen LogP contribution in [0.2, 0.25) is 0 Å². The fourth-order valence-corrected chi connectivity index (χ4v) is 2.11. The normalized spacial score (nSPS) is 14.7. The Labute approximate surface area is 108 Å². The summed E-state index contributed by atoms with van der Waals surface area (Å²) in [5, 5.41) is 2.99. The zero-order valence-electron chi connectivity index (χ0n) is 10.8. The van der Waals surface area contributed by atoms with Gasteiger partial charge in [-0.3, -0.25) is 4.79 Å². The molecule has 0 aromatic heterocycles. The van der Waals surface area contributed by atoms with Gasteiger partial charge in [0, 0.05) is 12.1 Å². The van der Waals surface area contributed by atoms with Crippen LogP contribution in [0, 0.1) is 0 Å². The van der Waals surface area contributed by atoms with Crippen LogP contribution in [-0.2, 0) is 11.2 Å². The maximum atomic E-state index is 11.5. The Morgan fingerprint density at radius 1 is 1.28 bits per heavy atom. The minimum Gasteiger partial charge on any atom is -0.326 e. The van der Waals surface area contributed by atoms with Crippen LogP contribution in [0.15, 0.2) is 53.8 Å². The highest BCUT2D eigenvalue weighted by molar-refractivity contribution is 5.78. The molecular formula is C16H19NO. The lowest BCUT2D eigenvalue weighted by atomic mass is 9.95. The Hall–Kier alpha value is -1.83. The minimum atomic E-state index is 0.0853. The molecule has 0 spiro atoms. The second kappa shape index (κ2) is 6.20.